The Balaban J connectivity index is 1.23. The van der Waals surface area contributed by atoms with Crippen LogP contribution in [0.1, 0.15) is 35.1 Å². The molecule has 2 unspecified atom stereocenters. The average Bonchev–Trinajstić information content (AvgIpc) is 3.37. The number of urea groups is 1. The van der Waals surface area contributed by atoms with Crippen molar-refractivity contribution in [2.24, 2.45) is 0 Å². The van der Waals surface area contributed by atoms with Crippen molar-refractivity contribution in [3.63, 3.8) is 0 Å². The summed E-state index contributed by atoms with van der Waals surface area (Å²) in [5.41, 5.74) is 4.31. The van der Waals surface area contributed by atoms with Gasteiger partial charge in [-0.2, -0.15) is 0 Å². The van der Waals surface area contributed by atoms with E-state index in [9.17, 15) is 4.79 Å². The summed E-state index contributed by atoms with van der Waals surface area (Å²) in [7, 11) is 0. The first kappa shape index (κ1) is 19.9. The maximum absolute atomic E-state index is 11.7. The Morgan fingerprint density at radius 1 is 0.900 bits per heavy atom. The zero-order valence-corrected chi connectivity index (χ0v) is 18.0. The number of nitrogens with zero attached hydrogens (tertiary/aromatic N) is 3. The highest BCUT2D eigenvalue weighted by Crippen LogP contribution is 2.46. The number of halogens is 1. The Morgan fingerprint density at radius 3 is 2.33 bits per heavy atom. The standard InChI is InChI=1S/C24H29ClN4O/c25-19-7-5-18(6-8-19)22-17-23(21-4-2-1-3-20(21)22)28-14-11-27(12-15-28)13-16-29-10-9-26-24(29)30/h1-8,22-23H,9-17H2,(H,26,30). The number of benzene rings is 2. The number of hydrogen-bond donors (Lipinski definition) is 1. The van der Waals surface area contributed by atoms with Crippen LogP contribution in [0.3, 0.4) is 0 Å². The number of rotatable bonds is 5. The molecule has 5 rings (SSSR count). The minimum absolute atomic E-state index is 0.0874. The molecule has 0 saturated carbocycles. The lowest BCUT2D eigenvalue weighted by Gasteiger charge is -2.39. The second kappa shape index (κ2) is 8.58. The van der Waals surface area contributed by atoms with Crippen LogP contribution in [-0.2, 0) is 0 Å². The third-order valence-corrected chi connectivity index (χ3v) is 7.19. The van der Waals surface area contributed by atoms with Gasteiger partial charge in [-0.25, -0.2) is 4.79 Å². The third kappa shape index (κ3) is 3.94. The van der Waals surface area contributed by atoms with Gasteiger partial charge in [0.2, 0.25) is 0 Å². The predicted molar refractivity (Wildman–Crippen MR) is 120 cm³/mol. The van der Waals surface area contributed by atoms with Gasteiger partial charge in [0, 0.05) is 69.3 Å². The summed E-state index contributed by atoms with van der Waals surface area (Å²) in [5, 5.41) is 3.68. The fourth-order valence-corrected chi connectivity index (χ4v) is 5.38. The van der Waals surface area contributed by atoms with E-state index < -0.39 is 0 Å². The number of carbonyl (C=O) groups is 1. The van der Waals surface area contributed by atoms with Crippen LogP contribution in [0.2, 0.25) is 5.02 Å². The van der Waals surface area contributed by atoms with E-state index in [4.69, 9.17) is 11.6 Å². The van der Waals surface area contributed by atoms with E-state index in [1.54, 1.807) is 0 Å². The molecule has 3 aliphatic rings. The van der Waals surface area contributed by atoms with Gasteiger partial charge in [-0.15, -0.1) is 0 Å². The van der Waals surface area contributed by atoms with Crippen molar-refractivity contribution < 1.29 is 4.79 Å². The molecule has 2 aromatic carbocycles. The van der Waals surface area contributed by atoms with E-state index in [-0.39, 0.29) is 6.03 Å². The molecule has 6 heteroatoms. The van der Waals surface area contributed by atoms with E-state index >= 15 is 0 Å². The first-order valence-corrected chi connectivity index (χ1v) is 11.4. The van der Waals surface area contributed by atoms with Crippen molar-refractivity contribution in [3.05, 3.63) is 70.2 Å². The van der Waals surface area contributed by atoms with Crippen molar-refractivity contribution in [2.45, 2.75) is 18.4 Å². The van der Waals surface area contributed by atoms with Crippen LogP contribution >= 0.6 is 11.6 Å². The Bertz CT molecular complexity index is 894. The molecular weight excluding hydrogens is 396 g/mol. The zero-order chi connectivity index (χ0) is 20.5. The highest BCUT2D eigenvalue weighted by molar-refractivity contribution is 6.30. The number of nitrogens with one attached hydrogen (secondary N) is 1. The van der Waals surface area contributed by atoms with E-state index in [2.05, 4.69) is 51.5 Å². The van der Waals surface area contributed by atoms with Gasteiger partial charge in [0.1, 0.15) is 0 Å². The quantitative estimate of drug-likeness (QED) is 0.797. The van der Waals surface area contributed by atoms with Crippen molar-refractivity contribution in [1.82, 2.24) is 20.0 Å². The number of amides is 2. The summed E-state index contributed by atoms with van der Waals surface area (Å²) >= 11 is 6.12. The number of fused-ring (bicyclic) bond motifs is 1. The number of hydrogen-bond acceptors (Lipinski definition) is 3. The van der Waals surface area contributed by atoms with E-state index in [1.165, 1.54) is 16.7 Å². The molecule has 1 aliphatic carbocycles. The molecule has 2 aliphatic heterocycles. The van der Waals surface area contributed by atoms with Crippen molar-refractivity contribution in [2.75, 3.05) is 52.4 Å². The highest BCUT2D eigenvalue weighted by Gasteiger charge is 2.36. The summed E-state index contributed by atoms with van der Waals surface area (Å²) in [6, 6.07) is 17.9. The van der Waals surface area contributed by atoms with Crippen LogP contribution in [-0.4, -0.2) is 73.1 Å². The lowest BCUT2D eigenvalue weighted by molar-refractivity contribution is 0.0905. The van der Waals surface area contributed by atoms with Crippen molar-refractivity contribution in [1.29, 1.82) is 0 Å². The largest absolute Gasteiger partial charge is 0.336 e. The molecule has 0 bridgehead atoms. The van der Waals surface area contributed by atoms with Gasteiger partial charge in [-0.1, -0.05) is 48.0 Å². The fourth-order valence-electron chi connectivity index (χ4n) is 5.25. The molecule has 158 valence electrons. The molecule has 30 heavy (non-hydrogen) atoms. The molecule has 2 saturated heterocycles. The smallest absolute Gasteiger partial charge is 0.317 e. The van der Waals surface area contributed by atoms with E-state index in [0.29, 0.717) is 12.0 Å². The van der Waals surface area contributed by atoms with Gasteiger partial charge in [-0.3, -0.25) is 9.80 Å². The topological polar surface area (TPSA) is 38.8 Å². The van der Waals surface area contributed by atoms with Gasteiger partial charge in [0.05, 0.1) is 0 Å². The van der Waals surface area contributed by atoms with Crippen LogP contribution in [0.4, 0.5) is 4.79 Å². The van der Waals surface area contributed by atoms with Crippen LogP contribution in [0.25, 0.3) is 0 Å². The molecule has 0 radical (unpaired) electrons. The van der Waals surface area contributed by atoms with Crippen LogP contribution in [0.15, 0.2) is 48.5 Å². The molecule has 2 aromatic rings. The van der Waals surface area contributed by atoms with E-state index in [1.807, 2.05) is 17.0 Å². The maximum atomic E-state index is 11.7. The minimum Gasteiger partial charge on any atom is -0.336 e. The highest BCUT2D eigenvalue weighted by atomic mass is 35.5. The summed E-state index contributed by atoms with van der Waals surface area (Å²) < 4.78 is 0. The summed E-state index contributed by atoms with van der Waals surface area (Å²) in [5.74, 6) is 0.440. The number of carbonyl (C=O) groups excluding carboxylic acids is 1. The SMILES string of the molecule is O=C1NCCN1CCN1CCN(C2CC(c3ccc(Cl)cc3)c3ccccc32)CC1. The second-order valence-corrected chi connectivity index (χ2v) is 9.02. The Morgan fingerprint density at radius 2 is 1.63 bits per heavy atom. The fraction of sp³-hybridized carbons (Fsp3) is 0.458. The molecule has 2 amide bonds. The van der Waals surface area contributed by atoms with Crippen LogP contribution in [0, 0.1) is 0 Å². The maximum Gasteiger partial charge on any atom is 0.317 e. The normalized spacial score (nSPS) is 24.8. The monoisotopic (exact) mass is 424 g/mol. The van der Waals surface area contributed by atoms with Gasteiger partial charge in [-0.05, 0) is 35.2 Å². The summed E-state index contributed by atoms with van der Waals surface area (Å²) in [6.45, 7) is 7.72. The molecule has 2 fully saturated rings. The first-order valence-electron chi connectivity index (χ1n) is 11.0. The van der Waals surface area contributed by atoms with Crippen LogP contribution < -0.4 is 5.32 Å². The molecule has 2 atom stereocenters. The summed E-state index contributed by atoms with van der Waals surface area (Å²) in [4.78, 5) is 18.8. The Labute approximate surface area is 183 Å². The first-order chi connectivity index (χ1) is 14.7. The Kier molecular flexibility index (Phi) is 5.68. The molecule has 0 aromatic heterocycles. The van der Waals surface area contributed by atoms with Gasteiger partial charge in [0.25, 0.3) is 0 Å². The molecule has 0 spiro atoms. The van der Waals surface area contributed by atoms with Gasteiger partial charge in [0.15, 0.2) is 0 Å². The molecule has 1 N–H and O–H groups in total. The van der Waals surface area contributed by atoms with E-state index in [0.717, 1.165) is 63.8 Å². The van der Waals surface area contributed by atoms with Crippen molar-refractivity contribution in [3.8, 4) is 0 Å². The predicted octanol–water partition coefficient (Wildman–Crippen LogP) is 3.56. The third-order valence-electron chi connectivity index (χ3n) is 6.94. The minimum atomic E-state index is 0.0874. The molecule has 2 heterocycles. The molecular formula is C24H29ClN4O. The zero-order valence-electron chi connectivity index (χ0n) is 17.3. The lowest BCUT2D eigenvalue weighted by atomic mass is 9.93. The summed E-state index contributed by atoms with van der Waals surface area (Å²) in [6.07, 6.45) is 1.13. The van der Waals surface area contributed by atoms with Crippen LogP contribution in [0.5, 0.6) is 0 Å². The second-order valence-electron chi connectivity index (χ2n) is 8.58. The number of piperazine rings is 1. The lowest BCUT2D eigenvalue weighted by Crippen LogP contribution is -2.49. The van der Waals surface area contributed by atoms with Gasteiger partial charge >= 0.3 is 6.03 Å². The van der Waals surface area contributed by atoms with Gasteiger partial charge < -0.3 is 10.2 Å². The average molecular weight is 425 g/mol. The van der Waals surface area contributed by atoms with Crippen molar-refractivity contribution >= 4 is 17.6 Å². The Hall–Kier alpha value is -2.08. The molecule has 5 nitrogen and oxygen atoms in total.